The highest BCUT2D eigenvalue weighted by Gasteiger charge is 2.34. The first-order valence-corrected chi connectivity index (χ1v) is 4.29. The smallest absolute Gasteiger partial charge is 0.411 e. The van der Waals surface area contributed by atoms with Gasteiger partial charge in [0.15, 0.2) is 0 Å². The standard InChI is InChI=1S/C10H8F2N2O/c11-10(12,8-4-2-1-3-5-8)15-9-6-13-7-14-9/h1-7H,(H,13,14). The Balaban J connectivity index is 2.20. The monoisotopic (exact) mass is 210 g/mol. The Labute approximate surface area is 84.7 Å². The van der Waals surface area contributed by atoms with Crippen LogP contribution in [-0.2, 0) is 6.11 Å². The van der Waals surface area contributed by atoms with Crippen LogP contribution in [0.25, 0.3) is 0 Å². The number of benzene rings is 1. The molecule has 1 aromatic carbocycles. The zero-order valence-corrected chi connectivity index (χ0v) is 7.65. The summed E-state index contributed by atoms with van der Waals surface area (Å²) in [4.78, 5) is 6.04. The number of nitrogens with one attached hydrogen (secondary N) is 1. The van der Waals surface area contributed by atoms with E-state index in [0.29, 0.717) is 0 Å². The molecule has 1 aromatic heterocycles. The number of H-pyrrole nitrogens is 1. The normalized spacial score (nSPS) is 11.3. The number of aromatic nitrogens is 2. The number of ether oxygens (including phenoxy) is 1. The maximum absolute atomic E-state index is 13.4. The molecule has 0 aliphatic heterocycles. The zero-order valence-electron chi connectivity index (χ0n) is 7.65. The van der Waals surface area contributed by atoms with Crippen LogP contribution in [0.3, 0.4) is 0 Å². The van der Waals surface area contributed by atoms with Gasteiger partial charge in [0, 0.05) is 0 Å². The fraction of sp³-hybridized carbons (Fsp3) is 0.100. The maximum Gasteiger partial charge on any atom is 0.427 e. The van der Waals surface area contributed by atoms with Gasteiger partial charge in [-0.3, -0.25) is 0 Å². The van der Waals surface area contributed by atoms with Crippen molar-refractivity contribution >= 4 is 0 Å². The van der Waals surface area contributed by atoms with E-state index in [2.05, 4.69) is 14.7 Å². The molecule has 2 aromatic rings. The van der Waals surface area contributed by atoms with Crippen LogP contribution in [0.1, 0.15) is 5.56 Å². The van der Waals surface area contributed by atoms with Crippen molar-refractivity contribution in [3.63, 3.8) is 0 Å². The van der Waals surface area contributed by atoms with Gasteiger partial charge in [-0.2, -0.15) is 8.78 Å². The van der Waals surface area contributed by atoms with Gasteiger partial charge >= 0.3 is 6.11 Å². The van der Waals surface area contributed by atoms with E-state index in [1.54, 1.807) is 6.07 Å². The minimum atomic E-state index is -3.35. The number of imidazole rings is 1. The molecular formula is C10H8F2N2O. The summed E-state index contributed by atoms with van der Waals surface area (Å²) < 4.78 is 31.4. The van der Waals surface area contributed by atoms with Gasteiger partial charge < -0.3 is 9.72 Å². The van der Waals surface area contributed by atoms with Crippen molar-refractivity contribution in [3.05, 3.63) is 48.4 Å². The van der Waals surface area contributed by atoms with Crippen molar-refractivity contribution in [1.82, 2.24) is 9.97 Å². The van der Waals surface area contributed by atoms with Crippen LogP contribution in [0.2, 0.25) is 0 Å². The number of nitrogens with zero attached hydrogens (tertiary/aromatic N) is 1. The van der Waals surface area contributed by atoms with E-state index < -0.39 is 6.11 Å². The molecule has 0 aliphatic rings. The molecule has 0 bridgehead atoms. The van der Waals surface area contributed by atoms with Gasteiger partial charge in [-0.15, -0.1) is 0 Å². The predicted molar refractivity (Wildman–Crippen MR) is 49.6 cm³/mol. The number of aromatic amines is 1. The number of hydrogen-bond acceptors (Lipinski definition) is 2. The molecule has 0 unspecified atom stereocenters. The highest BCUT2D eigenvalue weighted by Crippen LogP contribution is 2.29. The summed E-state index contributed by atoms with van der Waals surface area (Å²) in [6.07, 6.45) is -0.888. The first-order chi connectivity index (χ1) is 7.18. The van der Waals surface area contributed by atoms with Crippen LogP contribution in [0, 0.1) is 0 Å². The third kappa shape index (κ3) is 2.12. The Morgan fingerprint density at radius 2 is 1.93 bits per heavy atom. The number of rotatable bonds is 3. The summed E-state index contributed by atoms with van der Waals surface area (Å²) >= 11 is 0. The zero-order chi connectivity index (χ0) is 10.7. The molecule has 0 saturated heterocycles. The average molecular weight is 210 g/mol. The fourth-order valence-corrected chi connectivity index (χ4v) is 1.13. The lowest BCUT2D eigenvalue weighted by Gasteiger charge is -2.16. The third-order valence-electron chi connectivity index (χ3n) is 1.82. The van der Waals surface area contributed by atoms with E-state index in [1.807, 2.05) is 0 Å². The largest absolute Gasteiger partial charge is 0.427 e. The number of hydrogen-bond donors (Lipinski definition) is 1. The van der Waals surface area contributed by atoms with Crippen LogP contribution < -0.4 is 4.74 Å². The van der Waals surface area contributed by atoms with E-state index in [9.17, 15) is 8.78 Å². The predicted octanol–water partition coefficient (Wildman–Crippen LogP) is 2.54. The lowest BCUT2D eigenvalue weighted by Crippen LogP contribution is -2.21. The fourth-order valence-electron chi connectivity index (χ4n) is 1.13. The molecule has 3 nitrogen and oxygen atoms in total. The van der Waals surface area contributed by atoms with Gasteiger partial charge in [0.05, 0.1) is 18.1 Å². The minimum Gasteiger partial charge on any atom is -0.411 e. The van der Waals surface area contributed by atoms with Gasteiger partial charge in [-0.25, -0.2) is 4.98 Å². The van der Waals surface area contributed by atoms with Crippen molar-refractivity contribution in [2.24, 2.45) is 0 Å². The molecule has 0 fully saturated rings. The maximum atomic E-state index is 13.4. The van der Waals surface area contributed by atoms with Gasteiger partial charge in [0.25, 0.3) is 0 Å². The minimum absolute atomic E-state index is 0.0659. The van der Waals surface area contributed by atoms with Crippen molar-refractivity contribution in [1.29, 1.82) is 0 Å². The van der Waals surface area contributed by atoms with Crippen molar-refractivity contribution in [2.75, 3.05) is 0 Å². The summed E-state index contributed by atoms with van der Waals surface area (Å²) in [7, 11) is 0. The van der Waals surface area contributed by atoms with Crippen LogP contribution >= 0.6 is 0 Å². The van der Waals surface area contributed by atoms with E-state index in [-0.39, 0.29) is 11.4 Å². The third-order valence-corrected chi connectivity index (χ3v) is 1.82. The van der Waals surface area contributed by atoms with Gasteiger partial charge in [0.2, 0.25) is 5.88 Å². The molecule has 15 heavy (non-hydrogen) atoms. The topological polar surface area (TPSA) is 37.9 Å². The molecule has 78 valence electrons. The molecule has 0 amide bonds. The average Bonchev–Trinajstić information content (AvgIpc) is 2.71. The van der Waals surface area contributed by atoms with E-state index in [4.69, 9.17) is 0 Å². The summed E-state index contributed by atoms with van der Waals surface area (Å²) in [5, 5.41) is 0. The second-order valence-electron chi connectivity index (χ2n) is 2.90. The first-order valence-electron chi connectivity index (χ1n) is 4.29. The summed E-state index contributed by atoms with van der Waals surface area (Å²) in [6, 6.07) is 7.32. The van der Waals surface area contributed by atoms with E-state index >= 15 is 0 Å². The Kier molecular flexibility index (Phi) is 2.37. The Morgan fingerprint density at radius 1 is 1.20 bits per heavy atom. The Bertz CT molecular complexity index is 414. The quantitative estimate of drug-likeness (QED) is 0.845. The highest BCUT2D eigenvalue weighted by atomic mass is 19.3. The van der Waals surface area contributed by atoms with E-state index in [1.165, 1.54) is 36.8 Å². The molecule has 0 spiro atoms. The van der Waals surface area contributed by atoms with Crippen LogP contribution in [-0.4, -0.2) is 9.97 Å². The lowest BCUT2D eigenvalue weighted by molar-refractivity contribution is -0.187. The molecular weight excluding hydrogens is 202 g/mol. The molecule has 0 saturated carbocycles. The Hall–Kier alpha value is -1.91. The molecule has 0 atom stereocenters. The molecule has 1 N–H and O–H groups in total. The Morgan fingerprint density at radius 3 is 2.53 bits per heavy atom. The van der Waals surface area contributed by atoms with Gasteiger partial charge in [-0.05, 0) is 12.1 Å². The van der Waals surface area contributed by atoms with Crippen LogP contribution in [0.4, 0.5) is 8.78 Å². The van der Waals surface area contributed by atoms with Crippen molar-refractivity contribution < 1.29 is 13.5 Å². The van der Waals surface area contributed by atoms with Crippen LogP contribution in [0.15, 0.2) is 42.9 Å². The highest BCUT2D eigenvalue weighted by molar-refractivity contribution is 5.19. The van der Waals surface area contributed by atoms with Crippen LogP contribution in [0.5, 0.6) is 5.88 Å². The molecule has 2 rings (SSSR count). The van der Waals surface area contributed by atoms with Crippen molar-refractivity contribution in [3.8, 4) is 5.88 Å². The summed E-state index contributed by atoms with van der Waals surface area (Å²) in [5.41, 5.74) is -0.195. The molecule has 0 radical (unpaired) electrons. The second kappa shape index (κ2) is 3.68. The SMILES string of the molecule is FC(F)(Oc1cnc[nH]1)c1ccccc1. The van der Waals surface area contributed by atoms with E-state index in [0.717, 1.165) is 0 Å². The molecule has 5 heteroatoms. The van der Waals surface area contributed by atoms with Crippen molar-refractivity contribution in [2.45, 2.75) is 6.11 Å². The lowest BCUT2D eigenvalue weighted by atomic mass is 10.2. The molecule has 0 aliphatic carbocycles. The van der Waals surface area contributed by atoms with Gasteiger partial charge in [0.1, 0.15) is 0 Å². The summed E-state index contributed by atoms with van der Waals surface area (Å²) in [6.45, 7) is 0. The van der Waals surface area contributed by atoms with Gasteiger partial charge in [-0.1, -0.05) is 18.2 Å². The summed E-state index contributed by atoms with van der Waals surface area (Å²) in [5.74, 6) is -0.0659. The second-order valence-corrected chi connectivity index (χ2v) is 2.90. The number of alkyl halides is 2. The number of halogens is 2. The molecule has 1 heterocycles. The first kappa shape index (κ1) is 9.64.